The summed E-state index contributed by atoms with van der Waals surface area (Å²) in [5.41, 5.74) is -0.121. The van der Waals surface area contributed by atoms with Crippen LogP contribution in [-0.2, 0) is 12.7 Å². The Hall–Kier alpha value is -2.75. The van der Waals surface area contributed by atoms with Crippen molar-refractivity contribution in [2.75, 3.05) is 18.4 Å². The van der Waals surface area contributed by atoms with Gasteiger partial charge in [0.25, 0.3) is 0 Å². The van der Waals surface area contributed by atoms with Gasteiger partial charge in [-0.2, -0.15) is 13.2 Å². The van der Waals surface area contributed by atoms with E-state index in [1.807, 2.05) is 28.8 Å². The van der Waals surface area contributed by atoms with E-state index in [1.54, 1.807) is 0 Å². The number of aromatic nitrogens is 5. The average molecular weight is 377 g/mol. The summed E-state index contributed by atoms with van der Waals surface area (Å²) in [4.78, 5) is 9.45. The number of fused-ring (bicyclic) bond motifs is 1. The summed E-state index contributed by atoms with van der Waals surface area (Å²) in [6.07, 6.45) is 0.0247. The lowest BCUT2D eigenvalue weighted by Gasteiger charge is -2.32. The molecule has 27 heavy (non-hydrogen) atoms. The summed E-state index contributed by atoms with van der Waals surface area (Å²) in [7, 11) is 0. The number of anilines is 1. The smallest absolute Gasteiger partial charge is 0.367 e. The minimum atomic E-state index is -4.47. The van der Waals surface area contributed by atoms with Crippen LogP contribution in [0.2, 0.25) is 0 Å². The number of halogens is 3. The fourth-order valence-corrected chi connectivity index (χ4v) is 3.23. The second kappa shape index (κ2) is 7.10. The van der Waals surface area contributed by atoms with Crippen LogP contribution in [0.15, 0.2) is 36.8 Å². The third-order valence-corrected chi connectivity index (χ3v) is 4.65. The summed E-state index contributed by atoms with van der Waals surface area (Å²) >= 11 is 0. The van der Waals surface area contributed by atoms with Gasteiger partial charge in [-0.1, -0.05) is 6.07 Å². The van der Waals surface area contributed by atoms with Gasteiger partial charge in [-0.15, -0.1) is 10.2 Å². The molecule has 4 heterocycles. The van der Waals surface area contributed by atoms with Crippen molar-refractivity contribution in [2.24, 2.45) is 0 Å². The summed E-state index contributed by atoms with van der Waals surface area (Å²) in [5.74, 6) is 1.09. The molecular formula is C17H18F3N7. The van der Waals surface area contributed by atoms with Gasteiger partial charge in [-0.05, 0) is 25.0 Å². The van der Waals surface area contributed by atoms with Gasteiger partial charge in [0.05, 0.1) is 6.54 Å². The molecular weight excluding hydrogens is 359 g/mol. The number of alkyl halides is 3. The maximum Gasteiger partial charge on any atom is 0.433 e. The molecule has 0 aliphatic carbocycles. The Morgan fingerprint density at radius 3 is 2.70 bits per heavy atom. The molecule has 4 rings (SSSR count). The first kappa shape index (κ1) is 17.7. The van der Waals surface area contributed by atoms with Crippen LogP contribution in [0.5, 0.6) is 0 Å². The Bertz CT molecular complexity index is 916. The first-order valence-electron chi connectivity index (χ1n) is 8.66. The Balaban J connectivity index is 1.34. The molecule has 3 aromatic rings. The minimum absolute atomic E-state index is 0.0763. The summed E-state index contributed by atoms with van der Waals surface area (Å²) < 4.78 is 40.2. The van der Waals surface area contributed by atoms with E-state index in [1.165, 1.54) is 0 Å². The molecule has 7 nitrogen and oxygen atoms in total. The second-order valence-corrected chi connectivity index (χ2v) is 6.53. The zero-order valence-electron chi connectivity index (χ0n) is 14.4. The van der Waals surface area contributed by atoms with Gasteiger partial charge >= 0.3 is 6.18 Å². The van der Waals surface area contributed by atoms with E-state index in [4.69, 9.17) is 0 Å². The number of nitrogens with zero attached hydrogens (tertiary/aromatic N) is 6. The number of nitrogens with one attached hydrogen (secondary N) is 1. The van der Waals surface area contributed by atoms with Crippen molar-refractivity contribution in [2.45, 2.75) is 31.6 Å². The van der Waals surface area contributed by atoms with Gasteiger partial charge in [0.1, 0.15) is 17.8 Å². The number of pyridine rings is 1. The highest BCUT2D eigenvalue weighted by molar-refractivity contribution is 5.37. The zero-order valence-corrected chi connectivity index (χ0v) is 14.4. The fraction of sp³-hybridized carbons (Fsp3) is 0.412. The van der Waals surface area contributed by atoms with Crippen LogP contribution in [0.1, 0.15) is 24.4 Å². The Kier molecular flexibility index (Phi) is 4.65. The van der Waals surface area contributed by atoms with Crippen molar-refractivity contribution in [3.05, 3.63) is 48.3 Å². The molecule has 0 radical (unpaired) electrons. The van der Waals surface area contributed by atoms with Crippen molar-refractivity contribution >= 4 is 11.5 Å². The molecule has 10 heteroatoms. The fourth-order valence-electron chi connectivity index (χ4n) is 3.23. The predicted octanol–water partition coefficient (Wildman–Crippen LogP) is 2.61. The first-order chi connectivity index (χ1) is 13.0. The number of hydrogen-bond donors (Lipinski definition) is 1. The van der Waals surface area contributed by atoms with Gasteiger partial charge < -0.3 is 5.32 Å². The monoisotopic (exact) mass is 377 g/mol. The SMILES string of the molecule is FC(F)(F)c1cc(NC2CCN(Cc3nnc4ccccn34)CC2)ncn1. The Labute approximate surface area is 153 Å². The molecule has 0 atom stereocenters. The molecule has 1 aliphatic rings. The van der Waals surface area contributed by atoms with E-state index >= 15 is 0 Å². The highest BCUT2D eigenvalue weighted by Gasteiger charge is 2.33. The maximum atomic E-state index is 12.8. The molecule has 0 aromatic carbocycles. The predicted molar refractivity (Wildman–Crippen MR) is 91.9 cm³/mol. The molecule has 0 bridgehead atoms. The molecule has 0 unspecified atom stereocenters. The van der Waals surface area contributed by atoms with E-state index < -0.39 is 11.9 Å². The van der Waals surface area contributed by atoms with Gasteiger partial charge in [-0.3, -0.25) is 9.30 Å². The van der Waals surface area contributed by atoms with Crippen molar-refractivity contribution in [3.8, 4) is 0 Å². The second-order valence-electron chi connectivity index (χ2n) is 6.53. The number of hydrogen-bond acceptors (Lipinski definition) is 6. The van der Waals surface area contributed by atoms with Gasteiger partial charge in [0, 0.05) is 31.4 Å². The van der Waals surface area contributed by atoms with Crippen LogP contribution < -0.4 is 5.32 Å². The summed E-state index contributed by atoms with van der Waals surface area (Å²) in [5, 5.41) is 11.5. The Morgan fingerprint density at radius 2 is 1.93 bits per heavy atom. The van der Waals surface area contributed by atoms with Crippen LogP contribution in [0.25, 0.3) is 5.65 Å². The highest BCUT2D eigenvalue weighted by atomic mass is 19.4. The third-order valence-electron chi connectivity index (χ3n) is 4.65. The minimum Gasteiger partial charge on any atom is -0.367 e. The quantitative estimate of drug-likeness (QED) is 0.754. The van der Waals surface area contributed by atoms with Crippen LogP contribution in [-0.4, -0.2) is 48.6 Å². The van der Waals surface area contributed by atoms with E-state index in [0.717, 1.165) is 49.8 Å². The lowest BCUT2D eigenvalue weighted by molar-refractivity contribution is -0.141. The summed E-state index contributed by atoms with van der Waals surface area (Å²) in [6.45, 7) is 2.32. The van der Waals surface area contributed by atoms with Crippen molar-refractivity contribution < 1.29 is 13.2 Å². The van der Waals surface area contributed by atoms with E-state index in [-0.39, 0.29) is 11.9 Å². The Morgan fingerprint density at radius 1 is 1.11 bits per heavy atom. The van der Waals surface area contributed by atoms with E-state index in [9.17, 15) is 13.2 Å². The highest BCUT2D eigenvalue weighted by Crippen LogP contribution is 2.28. The molecule has 1 aliphatic heterocycles. The normalized spacial score (nSPS) is 16.7. The zero-order chi connectivity index (χ0) is 18.9. The third kappa shape index (κ3) is 4.00. The lowest BCUT2D eigenvalue weighted by atomic mass is 10.1. The molecule has 1 fully saturated rings. The first-order valence-corrected chi connectivity index (χ1v) is 8.66. The molecule has 142 valence electrons. The molecule has 0 spiro atoms. The van der Waals surface area contributed by atoms with Crippen molar-refractivity contribution in [1.29, 1.82) is 0 Å². The van der Waals surface area contributed by atoms with Crippen molar-refractivity contribution in [3.63, 3.8) is 0 Å². The van der Waals surface area contributed by atoms with E-state index in [2.05, 4.69) is 30.4 Å². The summed E-state index contributed by atoms with van der Waals surface area (Å²) in [6, 6.07) is 6.79. The average Bonchev–Trinajstić information content (AvgIpc) is 3.06. The van der Waals surface area contributed by atoms with Crippen LogP contribution in [0.4, 0.5) is 19.0 Å². The van der Waals surface area contributed by atoms with Crippen molar-refractivity contribution in [1.82, 2.24) is 29.5 Å². The van der Waals surface area contributed by atoms with Crippen LogP contribution in [0.3, 0.4) is 0 Å². The van der Waals surface area contributed by atoms with E-state index in [0.29, 0.717) is 6.54 Å². The molecule has 0 saturated carbocycles. The molecule has 1 saturated heterocycles. The lowest BCUT2D eigenvalue weighted by Crippen LogP contribution is -2.39. The van der Waals surface area contributed by atoms with Crippen LogP contribution in [0, 0.1) is 0 Å². The largest absolute Gasteiger partial charge is 0.433 e. The van der Waals surface area contributed by atoms with Gasteiger partial charge in [0.2, 0.25) is 0 Å². The van der Waals surface area contributed by atoms with Crippen LogP contribution >= 0.6 is 0 Å². The number of piperidine rings is 1. The topological polar surface area (TPSA) is 71.2 Å². The molecule has 1 N–H and O–H groups in total. The van der Waals surface area contributed by atoms with Gasteiger partial charge in [-0.25, -0.2) is 9.97 Å². The standard InChI is InChI=1S/C17H18F3N7/c18-17(19,20)13-9-14(22-11-21-13)23-12-4-7-26(8-5-12)10-16-25-24-15-3-1-2-6-27(15)16/h1-3,6,9,11-12H,4-5,7-8,10H2,(H,21,22,23). The molecule has 0 amide bonds. The molecule has 3 aromatic heterocycles. The van der Waals surface area contributed by atoms with Gasteiger partial charge in [0.15, 0.2) is 11.5 Å². The number of likely N-dealkylation sites (tertiary alicyclic amines) is 1. The maximum absolute atomic E-state index is 12.8. The number of rotatable bonds is 4.